The van der Waals surface area contributed by atoms with E-state index in [0.717, 1.165) is 38.5 Å². The molecule has 2 aliphatic heterocycles. The average molecular weight is 657 g/mol. The highest BCUT2D eigenvalue weighted by Crippen LogP contribution is 2.49. The zero-order chi connectivity index (χ0) is 34.1. The van der Waals surface area contributed by atoms with Gasteiger partial charge in [0.05, 0.1) is 25.4 Å². The van der Waals surface area contributed by atoms with Crippen molar-refractivity contribution >= 4 is 14.3 Å². The Morgan fingerprint density at radius 1 is 1.04 bits per heavy atom. The Morgan fingerprint density at radius 3 is 2.24 bits per heavy atom. The molecular weight excluding hydrogens is 592 g/mol. The maximum Gasteiger partial charge on any atom is 0.340 e. The van der Waals surface area contributed by atoms with E-state index in [1.807, 2.05) is 13.8 Å². The van der Waals surface area contributed by atoms with E-state index in [-0.39, 0.29) is 42.0 Å². The van der Waals surface area contributed by atoms with E-state index in [4.69, 9.17) is 32.8 Å². The number of hydrogen-bond donors (Lipinski definition) is 1. The molecule has 2 rings (SSSR count). The first-order chi connectivity index (χ1) is 20.9. The highest BCUT2D eigenvalue weighted by atomic mass is 28.4. The van der Waals surface area contributed by atoms with Crippen molar-refractivity contribution in [2.24, 2.45) is 11.8 Å². The van der Waals surface area contributed by atoms with Crippen molar-refractivity contribution in [1.82, 2.24) is 0 Å². The minimum Gasteiger partial charge on any atom is -0.467 e. The maximum absolute atomic E-state index is 12.7. The van der Waals surface area contributed by atoms with Crippen molar-refractivity contribution in [2.75, 3.05) is 21.0 Å². The van der Waals surface area contributed by atoms with Crippen LogP contribution in [0.5, 0.6) is 0 Å². The quantitative estimate of drug-likeness (QED) is 0.0749. The number of carbonyl (C=O) groups is 1. The molecule has 0 radical (unpaired) electrons. The molecule has 8 atom stereocenters. The second-order valence-corrected chi connectivity index (χ2v) is 19.7. The summed E-state index contributed by atoms with van der Waals surface area (Å²) in [4.78, 5) is 12.7. The molecule has 0 amide bonds. The molecule has 0 aliphatic carbocycles. The van der Waals surface area contributed by atoms with Gasteiger partial charge in [-0.3, -0.25) is 0 Å². The molecule has 2 heterocycles. The number of hydrogen-bond acceptors (Lipinski definition) is 9. The van der Waals surface area contributed by atoms with Gasteiger partial charge in [0.1, 0.15) is 6.79 Å². The molecule has 1 N–H and O–H groups in total. The van der Waals surface area contributed by atoms with Gasteiger partial charge < -0.3 is 38.0 Å². The molecule has 2 saturated heterocycles. The van der Waals surface area contributed by atoms with Gasteiger partial charge in [0.25, 0.3) is 0 Å². The van der Waals surface area contributed by atoms with Crippen LogP contribution in [0.3, 0.4) is 0 Å². The molecule has 9 nitrogen and oxygen atoms in total. The number of carbonyl (C=O) groups excluding carboxylic acids is 1. The first-order valence-corrected chi connectivity index (χ1v) is 19.7. The molecule has 0 saturated carbocycles. The predicted molar refractivity (Wildman–Crippen MR) is 179 cm³/mol. The molecule has 0 aromatic carbocycles. The van der Waals surface area contributed by atoms with Gasteiger partial charge in [-0.15, -0.1) is 0 Å². The van der Waals surface area contributed by atoms with E-state index in [0.29, 0.717) is 6.42 Å². The Labute approximate surface area is 274 Å². The van der Waals surface area contributed by atoms with E-state index < -0.39 is 38.1 Å². The van der Waals surface area contributed by atoms with Crippen LogP contribution in [-0.4, -0.2) is 82.5 Å². The van der Waals surface area contributed by atoms with Crippen LogP contribution in [0.25, 0.3) is 0 Å². The summed E-state index contributed by atoms with van der Waals surface area (Å²) < 4.78 is 41.4. The lowest BCUT2D eigenvalue weighted by Crippen LogP contribution is -2.58. The zero-order valence-corrected chi connectivity index (χ0v) is 31.2. The summed E-state index contributed by atoms with van der Waals surface area (Å²) in [5, 5.41) is 11.5. The van der Waals surface area contributed by atoms with Gasteiger partial charge in [-0.1, -0.05) is 58.9 Å². The second-order valence-electron chi connectivity index (χ2n) is 14.9. The minimum atomic E-state index is -1.74. The third-order valence-electron chi connectivity index (χ3n) is 9.69. The number of esters is 1. The van der Waals surface area contributed by atoms with Crippen molar-refractivity contribution in [1.29, 1.82) is 0 Å². The van der Waals surface area contributed by atoms with Crippen LogP contribution in [-0.2, 0) is 37.6 Å². The molecule has 2 fully saturated rings. The summed E-state index contributed by atoms with van der Waals surface area (Å²) in [7, 11) is 1.19. The minimum absolute atomic E-state index is 0.0957. The van der Waals surface area contributed by atoms with Crippen LogP contribution in [0.4, 0.5) is 0 Å². The fraction of sp³-hybridized carbons (Fsp3) is 0.857. The summed E-state index contributed by atoms with van der Waals surface area (Å²) >= 11 is 0. The molecule has 2 aliphatic rings. The number of aliphatic hydroxyl groups excluding tert-OH is 1. The van der Waals surface area contributed by atoms with E-state index >= 15 is 0 Å². The Morgan fingerprint density at radius 2 is 1.67 bits per heavy atom. The van der Waals surface area contributed by atoms with Crippen LogP contribution in [0.15, 0.2) is 24.3 Å². The van der Waals surface area contributed by atoms with Crippen LogP contribution < -0.4 is 0 Å². The molecule has 45 heavy (non-hydrogen) atoms. The van der Waals surface area contributed by atoms with Crippen molar-refractivity contribution in [2.45, 2.75) is 161 Å². The van der Waals surface area contributed by atoms with Gasteiger partial charge in [-0.25, -0.2) is 4.79 Å². The fourth-order valence-corrected chi connectivity index (χ4v) is 7.33. The second kappa shape index (κ2) is 17.3. The highest BCUT2D eigenvalue weighted by molar-refractivity contribution is 6.74. The first kappa shape index (κ1) is 40.1. The molecule has 0 aromatic rings. The van der Waals surface area contributed by atoms with Crippen LogP contribution >= 0.6 is 0 Å². The van der Waals surface area contributed by atoms with Crippen molar-refractivity contribution in [3.8, 4) is 0 Å². The Hall–Kier alpha value is -1.11. The fourth-order valence-electron chi connectivity index (χ4n) is 5.86. The number of rotatable bonds is 17. The first-order valence-electron chi connectivity index (χ1n) is 16.8. The smallest absolute Gasteiger partial charge is 0.340 e. The number of allylic oxidation sites excluding steroid dienone is 4. The van der Waals surface area contributed by atoms with Gasteiger partial charge in [-0.05, 0) is 83.8 Å². The Bertz CT molecular complexity index is 959. The van der Waals surface area contributed by atoms with Crippen LogP contribution in [0.2, 0.25) is 18.1 Å². The van der Waals surface area contributed by atoms with Gasteiger partial charge in [0.2, 0.25) is 11.9 Å². The zero-order valence-electron chi connectivity index (χ0n) is 30.2. The van der Waals surface area contributed by atoms with Gasteiger partial charge in [0.15, 0.2) is 14.1 Å². The summed E-state index contributed by atoms with van der Waals surface area (Å²) in [5.41, 5.74) is 0. The normalized spacial score (nSPS) is 28.5. The van der Waals surface area contributed by atoms with E-state index in [1.165, 1.54) is 7.11 Å². The summed E-state index contributed by atoms with van der Waals surface area (Å²) in [6, 6.07) is 0. The summed E-state index contributed by atoms with van der Waals surface area (Å²) in [5.74, 6) is -3.12. The third kappa shape index (κ3) is 11.5. The van der Waals surface area contributed by atoms with Crippen molar-refractivity contribution in [3.63, 3.8) is 0 Å². The SMILES string of the molecule is COCO[C@@H](CC/C=C/C=C\CC[C@H](C)O[Si](C)(C)C(C)(C)C)CC(O)[C@H](C)[C@@H]1CC[C@@H](C)[C@]2(O1)OC(C)(C)OC2C(=O)OC. The van der Waals surface area contributed by atoms with Crippen LogP contribution in [0.1, 0.15) is 100 Å². The Balaban J connectivity index is 1.90. The monoisotopic (exact) mass is 656 g/mol. The predicted octanol–water partition coefficient (Wildman–Crippen LogP) is 7.28. The van der Waals surface area contributed by atoms with Gasteiger partial charge >= 0.3 is 5.97 Å². The van der Waals surface area contributed by atoms with E-state index in [1.54, 1.807) is 21.0 Å². The lowest BCUT2D eigenvalue weighted by atomic mass is 9.81. The topological polar surface area (TPSA) is 102 Å². The Kier molecular flexibility index (Phi) is 15.4. The van der Waals surface area contributed by atoms with E-state index in [9.17, 15) is 9.90 Å². The maximum atomic E-state index is 12.7. The summed E-state index contributed by atoms with van der Waals surface area (Å²) in [6.45, 7) is 21.3. The molecule has 0 bridgehead atoms. The number of ether oxygens (including phenoxy) is 6. The molecule has 0 aromatic heterocycles. The number of methoxy groups -OCH3 is 2. The standard InChI is InChI=1S/C35H64O9Si/c1-25-21-22-30(41-35(25)31(32(37)39-10)42-34(7,8)44-35)27(3)29(36)23-28(40-24-38-9)20-18-16-14-13-15-17-19-26(2)43-45(11,12)33(4,5)6/h13-16,25-31,36H,17-24H2,1-12H3/b15-13-,16-14+/t25-,26+,27+,28+,29?,30+,31?,35+/m1/s1. The highest BCUT2D eigenvalue weighted by Gasteiger charge is 2.63. The van der Waals surface area contributed by atoms with Crippen molar-refractivity contribution in [3.05, 3.63) is 24.3 Å². The van der Waals surface area contributed by atoms with Gasteiger partial charge in [0, 0.05) is 25.0 Å². The molecular formula is C35H64O9Si. The molecule has 262 valence electrons. The molecule has 10 heteroatoms. The third-order valence-corrected chi connectivity index (χ3v) is 14.3. The number of aliphatic hydroxyl groups is 1. The lowest BCUT2D eigenvalue weighted by Gasteiger charge is -2.46. The largest absolute Gasteiger partial charge is 0.467 e. The molecule has 2 unspecified atom stereocenters. The average Bonchev–Trinajstić information content (AvgIpc) is 3.23. The molecule has 1 spiro atoms. The van der Waals surface area contributed by atoms with Crippen molar-refractivity contribution < 1.29 is 42.7 Å². The van der Waals surface area contributed by atoms with E-state index in [2.05, 4.69) is 65.1 Å². The summed E-state index contributed by atoms with van der Waals surface area (Å²) in [6.07, 6.45) is 12.0. The lowest BCUT2D eigenvalue weighted by molar-refractivity contribution is -0.321. The van der Waals surface area contributed by atoms with Gasteiger partial charge in [-0.2, -0.15) is 0 Å². The van der Waals surface area contributed by atoms with Crippen LogP contribution in [0, 0.1) is 11.8 Å².